The van der Waals surface area contributed by atoms with Gasteiger partial charge >= 0.3 is 0 Å². The molecule has 0 radical (unpaired) electrons. The smallest absolute Gasteiger partial charge is 0.0692 e. The molecule has 1 aromatic heterocycles. The normalized spacial score (nSPS) is 10.8. The monoisotopic (exact) mass is 264 g/mol. The number of aromatic nitrogens is 3. The summed E-state index contributed by atoms with van der Waals surface area (Å²) in [5, 5.41) is 11.9. The standard InChI is InChI=1S/C13H17ClN4/c1-11-3-4-12(9-13(11)14)10-15-5-2-7-18-8-6-16-17-18/h3-4,6,8-9,15H,2,5,7,10H2,1H3. The van der Waals surface area contributed by atoms with Crippen LogP contribution in [-0.2, 0) is 13.1 Å². The molecule has 1 heterocycles. The van der Waals surface area contributed by atoms with Crippen LogP contribution < -0.4 is 5.32 Å². The molecule has 0 saturated carbocycles. The van der Waals surface area contributed by atoms with Crippen molar-refractivity contribution < 1.29 is 0 Å². The van der Waals surface area contributed by atoms with E-state index in [-0.39, 0.29) is 0 Å². The third-order valence-corrected chi connectivity index (χ3v) is 3.19. The van der Waals surface area contributed by atoms with Gasteiger partial charge in [0.25, 0.3) is 0 Å². The molecule has 0 atom stereocenters. The first kappa shape index (κ1) is 13.1. The molecule has 2 aromatic rings. The van der Waals surface area contributed by atoms with Gasteiger partial charge in [-0.25, -0.2) is 0 Å². The number of aryl methyl sites for hydroxylation is 2. The van der Waals surface area contributed by atoms with Crippen LogP contribution in [0.3, 0.4) is 0 Å². The van der Waals surface area contributed by atoms with Crippen molar-refractivity contribution in [1.82, 2.24) is 20.3 Å². The van der Waals surface area contributed by atoms with Crippen LogP contribution in [0.15, 0.2) is 30.6 Å². The largest absolute Gasteiger partial charge is 0.313 e. The Hall–Kier alpha value is -1.39. The molecule has 5 heteroatoms. The Morgan fingerprint density at radius 2 is 2.28 bits per heavy atom. The highest BCUT2D eigenvalue weighted by molar-refractivity contribution is 6.31. The number of hydrogen-bond acceptors (Lipinski definition) is 3. The minimum Gasteiger partial charge on any atom is -0.313 e. The van der Waals surface area contributed by atoms with Gasteiger partial charge in [-0.05, 0) is 37.1 Å². The van der Waals surface area contributed by atoms with Gasteiger partial charge in [0.1, 0.15) is 0 Å². The Morgan fingerprint density at radius 1 is 1.39 bits per heavy atom. The lowest BCUT2D eigenvalue weighted by molar-refractivity contribution is 0.530. The third kappa shape index (κ3) is 3.82. The van der Waals surface area contributed by atoms with Gasteiger partial charge < -0.3 is 5.32 Å². The number of nitrogens with zero attached hydrogens (tertiary/aromatic N) is 3. The maximum Gasteiger partial charge on any atom is 0.0692 e. The highest BCUT2D eigenvalue weighted by Crippen LogP contribution is 2.16. The minimum absolute atomic E-state index is 0.830. The molecular weight excluding hydrogens is 248 g/mol. The van der Waals surface area contributed by atoms with Gasteiger partial charge in [0, 0.05) is 24.3 Å². The van der Waals surface area contributed by atoms with E-state index < -0.39 is 0 Å². The van der Waals surface area contributed by atoms with Crippen LogP contribution >= 0.6 is 11.6 Å². The molecule has 96 valence electrons. The molecule has 0 unspecified atom stereocenters. The first-order valence-electron chi connectivity index (χ1n) is 6.05. The van der Waals surface area contributed by atoms with E-state index in [1.54, 1.807) is 6.20 Å². The van der Waals surface area contributed by atoms with E-state index in [1.165, 1.54) is 5.56 Å². The van der Waals surface area contributed by atoms with Crippen LogP contribution in [0.2, 0.25) is 5.02 Å². The number of hydrogen-bond donors (Lipinski definition) is 1. The van der Waals surface area contributed by atoms with Crippen molar-refractivity contribution >= 4 is 11.6 Å². The topological polar surface area (TPSA) is 42.7 Å². The third-order valence-electron chi connectivity index (χ3n) is 2.78. The van der Waals surface area contributed by atoms with Crippen molar-refractivity contribution in [3.63, 3.8) is 0 Å². The molecule has 2 rings (SSSR count). The van der Waals surface area contributed by atoms with Crippen LogP contribution in [0.5, 0.6) is 0 Å². The molecule has 0 spiro atoms. The second kappa shape index (κ2) is 6.52. The van der Waals surface area contributed by atoms with E-state index in [2.05, 4.69) is 27.8 Å². The molecule has 0 bridgehead atoms. The summed E-state index contributed by atoms with van der Waals surface area (Å²) in [5.74, 6) is 0. The lowest BCUT2D eigenvalue weighted by atomic mass is 10.1. The zero-order chi connectivity index (χ0) is 12.8. The Kier molecular flexibility index (Phi) is 4.73. The SMILES string of the molecule is Cc1ccc(CNCCCn2ccnn2)cc1Cl. The van der Waals surface area contributed by atoms with Crippen LogP contribution in [-0.4, -0.2) is 21.5 Å². The van der Waals surface area contributed by atoms with E-state index in [0.29, 0.717) is 0 Å². The van der Waals surface area contributed by atoms with Crippen molar-refractivity contribution in [2.75, 3.05) is 6.54 Å². The summed E-state index contributed by atoms with van der Waals surface area (Å²) in [6.07, 6.45) is 4.60. The zero-order valence-corrected chi connectivity index (χ0v) is 11.2. The van der Waals surface area contributed by atoms with E-state index in [0.717, 1.165) is 36.6 Å². The van der Waals surface area contributed by atoms with Crippen molar-refractivity contribution in [2.45, 2.75) is 26.4 Å². The van der Waals surface area contributed by atoms with Crippen molar-refractivity contribution in [2.24, 2.45) is 0 Å². The highest BCUT2D eigenvalue weighted by Gasteiger charge is 1.98. The van der Waals surface area contributed by atoms with Gasteiger partial charge in [-0.3, -0.25) is 4.68 Å². The molecule has 0 amide bonds. The van der Waals surface area contributed by atoms with Gasteiger partial charge in [0.15, 0.2) is 0 Å². The Labute approximate surface area is 112 Å². The van der Waals surface area contributed by atoms with Gasteiger partial charge in [0.05, 0.1) is 6.20 Å². The Morgan fingerprint density at radius 3 is 3.00 bits per heavy atom. The Bertz CT molecular complexity index is 482. The predicted octanol–water partition coefficient (Wildman–Crippen LogP) is 2.42. The summed E-state index contributed by atoms with van der Waals surface area (Å²) in [5.41, 5.74) is 2.33. The lowest BCUT2D eigenvalue weighted by Crippen LogP contribution is -2.16. The van der Waals surface area contributed by atoms with E-state index in [9.17, 15) is 0 Å². The zero-order valence-electron chi connectivity index (χ0n) is 10.4. The fourth-order valence-electron chi connectivity index (χ4n) is 1.70. The molecule has 0 aliphatic heterocycles. The highest BCUT2D eigenvalue weighted by atomic mass is 35.5. The summed E-state index contributed by atoms with van der Waals surface area (Å²) < 4.78 is 1.84. The van der Waals surface area contributed by atoms with Crippen LogP contribution in [0.1, 0.15) is 17.5 Å². The van der Waals surface area contributed by atoms with Crippen molar-refractivity contribution in [3.05, 3.63) is 46.7 Å². The van der Waals surface area contributed by atoms with Gasteiger partial charge in [-0.1, -0.05) is 28.9 Å². The summed E-state index contributed by atoms with van der Waals surface area (Å²) in [7, 11) is 0. The quantitative estimate of drug-likeness (QED) is 0.815. The number of nitrogens with one attached hydrogen (secondary N) is 1. The number of rotatable bonds is 6. The second-order valence-electron chi connectivity index (χ2n) is 4.28. The van der Waals surface area contributed by atoms with E-state index >= 15 is 0 Å². The summed E-state index contributed by atoms with van der Waals surface area (Å²) in [6.45, 7) is 4.70. The predicted molar refractivity (Wildman–Crippen MR) is 72.5 cm³/mol. The molecule has 0 aliphatic rings. The molecule has 0 saturated heterocycles. The number of benzene rings is 1. The summed E-state index contributed by atoms with van der Waals surface area (Å²) in [4.78, 5) is 0. The van der Waals surface area contributed by atoms with Crippen LogP contribution in [0.4, 0.5) is 0 Å². The second-order valence-corrected chi connectivity index (χ2v) is 4.69. The average molecular weight is 265 g/mol. The molecule has 1 N–H and O–H groups in total. The number of halogens is 1. The van der Waals surface area contributed by atoms with Crippen molar-refractivity contribution in [3.8, 4) is 0 Å². The first-order valence-corrected chi connectivity index (χ1v) is 6.43. The summed E-state index contributed by atoms with van der Waals surface area (Å²) in [6, 6.07) is 6.17. The molecule has 1 aromatic carbocycles. The fourth-order valence-corrected chi connectivity index (χ4v) is 1.90. The lowest BCUT2D eigenvalue weighted by Gasteiger charge is -2.06. The molecular formula is C13H17ClN4. The van der Waals surface area contributed by atoms with Gasteiger partial charge in [-0.2, -0.15) is 0 Å². The maximum atomic E-state index is 6.08. The molecule has 18 heavy (non-hydrogen) atoms. The molecule has 0 fully saturated rings. The van der Waals surface area contributed by atoms with Crippen LogP contribution in [0, 0.1) is 6.92 Å². The van der Waals surface area contributed by atoms with E-state index in [1.807, 2.05) is 23.9 Å². The average Bonchev–Trinajstić information content (AvgIpc) is 2.86. The molecule has 4 nitrogen and oxygen atoms in total. The van der Waals surface area contributed by atoms with Gasteiger partial charge in [-0.15, -0.1) is 5.10 Å². The van der Waals surface area contributed by atoms with E-state index in [4.69, 9.17) is 11.6 Å². The Balaban J connectivity index is 1.67. The minimum atomic E-state index is 0.830. The molecule has 0 aliphatic carbocycles. The summed E-state index contributed by atoms with van der Waals surface area (Å²) >= 11 is 6.08. The maximum absolute atomic E-state index is 6.08. The van der Waals surface area contributed by atoms with Crippen LogP contribution in [0.25, 0.3) is 0 Å². The van der Waals surface area contributed by atoms with Gasteiger partial charge in [0.2, 0.25) is 0 Å². The first-order chi connectivity index (χ1) is 8.75. The fraction of sp³-hybridized carbons (Fsp3) is 0.385. The van der Waals surface area contributed by atoms with Crippen molar-refractivity contribution in [1.29, 1.82) is 0 Å².